The second-order valence-electron chi connectivity index (χ2n) is 8.14. The predicted octanol–water partition coefficient (Wildman–Crippen LogP) is 3.59. The zero-order valence-electron chi connectivity index (χ0n) is 15.0. The Morgan fingerprint density at radius 2 is 1.96 bits per heavy atom. The first-order valence-electron chi connectivity index (χ1n) is 9.86. The zero-order valence-corrected chi connectivity index (χ0v) is 15.0. The van der Waals surface area contributed by atoms with E-state index in [-0.39, 0.29) is 11.8 Å². The van der Waals surface area contributed by atoms with Crippen LogP contribution in [0.3, 0.4) is 0 Å². The summed E-state index contributed by atoms with van der Waals surface area (Å²) in [7, 11) is 0. The van der Waals surface area contributed by atoms with Gasteiger partial charge in [-0.25, -0.2) is 0 Å². The maximum atomic E-state index is 11.6. The Hall–Kier alpha value is -1.55. The molecule has 1 aromatic rings. The zero-order chi connectivity index (χ0) is 17.4. The fraction of sp³-hybridized carbons (Fsp3) is 0.667. The predicted molar refractivity (Wildman–Crippen MR) is 97.0 cm³/mol. The van der Waals surface area contributed by atoms with Gasteiger partial charge in [0.25, 0.3) is 0 Å². The fourth-order valence-electron chi connectivity index (χ4n) is 4.74. The molecular weight excluding hydrogens is 314 g/mol. The van der Waals surface area contributed by atoms with E-state index in [1.54, 1.807) is 0 Å². The average Bonchev–Trinajstić information content (AvgIpc) is 3.47. The van der Waals surface area contributed by atoms with Crippen molar-refractivity contribution in [2.75, 3.05) is 13.1 Å². The molecule has 1 saturated heterocycles. The molecule has 136 valence electrons. The number of carbonyl (C=O) groups is 1. The molecular formula is C21H29NO3. The van der Waals surface area contributed by atoms with Crippen LogP contribution in [0.1, 0.15) is 56.1 Å². The lowest BCUT2D eigenvalue weighted by molar-refractivity contribution is -0.142. The van der Waals surface area contributed by atoms with Crippen LogP contribution in [0, 0.1) is 17.8 Å². The van der Waals surface area contributed by atoms with Crippen LogP contribution >= 0.6 is 0 Å². The van der Waals surface area contributed by atoms with Crippen molar-refractivity contribution in [2.45, 2.75) is 57.5 Å². The van der Waals surface area contributed by atoms with Crippen molar-refractivity contribution in [2.24, 2.45) is 17.8 Å². The quantitative estimate of drug-likeness (QED) is 0.858. The van der Waals surface area contributed by atoms with Gasteiger partial charge in [-0.2, -0.15) is 0 Å². The molecule has 0 aromatic heterocycles. The molecule has 3 atom stereocenters. The van der Waals surface area contributed by atoms with Crippen LogP contribution in [0.5, 0.6) is 5.75 Å². The Kier molecular flexibility index (Phi) is 4.72. The molecule has 0 bridgehead atoms. The van der Waals surface area contributed by atoms with Crippen LogP contribution in [0.4, 0.5) is 0 Å². The van der Waals surface area contributed by atoms with Gasteiger partial charge < -0.3 is 15.2 Å². The van der Waals surface area contributed by atoms with E-state index in [1.807, 2.05) is 6.92 Å². The molecule has 4 nitrogen and oxygen atoms in total. The number of rotatable bonds is 5. The lowest BCUT2D eigenvalue weighted by Gasteiger charge is -2.35. The number of aryl methyl sites for hydroxylation is 1. The minimum Gasteiger partial charge on any atom is -0.490 e. The number of carboxylic acid groups (broad SMARTS) is 1. The number of carboxylic acids is 1. The summed E-state index contributed by atoms with van der Waals surface area (Å²) in [6, 6.07) is 6.48. The molecule has 1 aromatic carbocycles. The number of aliphatic carboxylic acids is 1. The van der Waals surface area contributed by atoms with E-state index in [1.165, 1.54) is 18.4 Å². The van der Waals surface area contributed by atoms with Gasteiger partial charge in [0.15, 0.2) is 0 Å². The lowest BCUT2D eigenvalue weighted by atomic mass is 9.82. The molecule has 2 heterocycles. The topological polar surface area (TPSA) is 58.6 Å². The molecule has 2 N–H and O–H groups in total. The highest BCUT2D eigenvalue weighted by Gasteiger charge is 2.39. The first-order valence-corrected chi connectivity index (χ1v) is 9.86. The van der Waals surface area contributed by atoms with Gasteiger partial charge in [0.1, 0.15) is 11.9 Å². The number of fused-ring (bicyclic) bond motifs is 1. The number of benzene rings is 1. The van der Waals surface area contributed by atoms with Gasteiger partial charge in [0.05, 0.1) is 5.92 Å². The largest absolute Gasteiger partial charge is 0.490 e. The van der Waals surface area contributed by atoms with E-state index >= 15 is 0 Å². The standard InChI is InChI=1S/C21H29NO3/c1-13(21(23)24)20(16-3-4-16)17-5-2-14-6-7-18(25-19(14)12-17)15-8-10-22-11-9-15/h2,5,12-13,15-16,18,20,22H,3-4,6-11H2,1H3,(H,23,24). The van der Waals surface area contributed by atoms with Crippen molar-refractivity contribution in [3.8, 4) is 5.75 Å². The third-order valence-electron chi connectivity index (χ3n) is 6.42. The van der Waals surface area contributed by atoms with Gasteiger partial charge in [-0.3, -0.25) is 4.79 Å². The van der Waals surface area contributed by atoms with Crippen LogP contribution in [-0.4, -0.2) is 30.3 Å². The number of hydrogen-bond acceptors (Lipinski definition) is 3. The van der Waals surface area contributed by atoms with Crippen LogP contribution in [-0.2, 0) is 11.2 Å². The van der Waals surface area contributed by atoms with Crippen molar-refractivity contribution in [1.29, 1.82) is 0 Å². The molecule has 0 spiro atoms. The van der Waals surface area contributed by atoms with Gasteiger partial charge in [0, 0.05) is 0 Å². The van der Waals surface area contributed by atoms with E-state index in [2.05, 4.69) is 23.5 Å². The van der Waals surface area contributed by atoms with Crippen LogP contribution in [0.2, 0.25) is 0 Å². The van der Waals surface area contributed by atoms with Gasteiger partial charge in [-0.1, -0.05) is 19.1 Å². The van der Waals surface area contributed by atoms with Gasteiger partial charge >= 0.3 is 5.97 Å². The van der Waals surface area contributed by atoms with E-state index in [4.69, 9.17) is 4.74 Å². The molecule has 0 amide bonds. The maximum Gasteiger partial charge on any atom is 0.306 e. The SMILES string of the molecule is CC(C(=O)O)C(c1ccc2c(c1)OC(C1CCNCC1)CC2)C1CC1. The molecule has 4 heteroatoms. The van der Waals surface area contributed by atoms with Crippen LogP contribution in [0.15, 0.2) is 18.2 Å². The monoisotopic (exact) mass is 343 g/mol. The smallest absolute Gasteiger partial charge is 0.306 e. The number of ether oxygens (including phenoxy) is 1. The van der Waals surface area contributed by atoms with Gasteiger partial charge in [-0.05, 0) is 86.6 Å². The molecule has 3 aliphatic rings. The first kappa shape index (κ1) is 16.9. The highest BCUT2D eigenvalue weighted by atomic mass is 16.5. The Morgan fingerprint density at radius 1 is 1.20 bits per heavy atom. The van der Waals surface area contributed by atoms with Crippen molar-refractivity contribution in [3.63, 3.8) is 0 Å². The molecule has 1 saturated carbocycles. The van der Waals surface area contributed by atoms with Crippen molar-refractivity contribution >= 4 is 5.97 Å². The lowest BCUT2D eigenvalue weighted by Crippen LogP contribution is -2.38. The summed E-state index contributed by atoms with van der Waals surface area (Å²) in [6.07, 6.45) is 7.19. The molecule has 25 heavy (non-hydrogen) atoms. The summed E-state index contributed by atoms with van der Waals surface area (Å²) in [5, 5.41) is 12.9. The highest BCUT2D eigenvalue weighted by Crippen LogP contribution is 2.48. The third-order valence-corrected chi connectivity index (χ3v) is 6.42. The minimum atomic E-state index is -0.692. The van der Waals surface area contributed by atoms with E-state index in [0.717, 1.165) is 50.1 Å². The van der Waals surface area contributed by atoms with E-state index < -0.39 is 5.97 Å². The van der Waals surface area contributed by atoms with E-state index in [9.17, 15) is 9.90 Å². The molecule has 2 fully saturated rings. The molecule has 4 rings (SSSR count). The second kappa shape index (κ2) is 6.99. The van der Waals surface area contributed by atoms with Gasteiger partial charge in [-0.15, -0.1) is 0 Å². The molecule has 3 unspecified atom stereocenters. The third kappa shape index (κ3) is 3.55. The second-order valence-corrected chi connectivity index (χ2v) is 8.14. The van der Waals surface area contributed by atoms with Crippen molar-refractivity contribution < 1.29 is 14.6 Å². The Labute approximate surface area is 150 Å². The van der Waals surface area contributed by atoms with Crippen molar-refractivity contribution in [1.82, 2.24) is 5.32 Å². The molecule has 0 radical (unpaired) electrons. The van der Waals surface area contributed by atoms with Gasteiger partial charge in [0.2, 0.25) is 0 Å². The fourth-order valence-corrected chi connectivity index (χ4v) is 4.74. The van der Waals surface area contributed by atoms with E-state index in [0.29, 0.717) is 17.9 Å². The number of piperidine rings is 1. The summed E-state index contributed by atoms with van der Waals surface area (Å²) >= 11 is 0. The van der Waals surface area contributed by atoms with Crippen LogP contribution < -0.4 is 10.1 Å². The summed E-state index contributed by atoms with van der Waals surface area (Å²) in [6.45, 7) is 4.04. The minimum absolute atomic E-state index is 0.116. The highest BCUT2D eigenvalue weighted by molar-refractivity contribution is 5.71. The summed E-state index contributed by atoms with van der Waals surface area (Å²) in [4.78, 5) is 11.6. The first-order chi connectivity index (χ1) is 12.1. The molecule has 2 aliphatic heterocycles. The Morgan fingerprint density at radius 3 is 2.64 bits per heavy atom. The molecule has 1 aliphatic carbocycles. The number of nitrogens with one attached hydrogen (secondary N) is 1. The normalized spacial score (nSPS) is 26.4. The summed E-state index contributed by atoms with van der Waals surface area (Å²) < 4.78 is 6.43. The Balaban J connectivity index is 1.55. The Bertz CT molecular complexity index is 634. The van der Waals surface area contributed by atoms with Crippen molar-refractivity contribution in [3.05, 3.63) is 29.3 Å². The summed E-state index contributed by atoms with van der Waals surface area (Å²) in [5.41, 5.74) is 2.44. The summed E-state index contributed by atoms with van der Waals surface area (Å²) in [5.74, 6) is 1.27. The average molecular weight is 343 g/mol. The van der Waals surface area contributed by atoms with Crippen LogP contribution in [0.25, 0.3) is 0 Å². The number of hydrogen-bond donors (Lipinski definition) is 2. The maximum absolute atomic E-state index is 11.6.